The Hall–Kier alpha value is -0.790. The van der Waals surface area contributed by atoms with Gasteiger partial charge in [0.25, 0.3) is 0 Å². The Morgan fingerprint density at radius 2 is 2.07 bits per heavy atom. The molecule has 0 N–H and O–H groups in total. The Morgan fingerprint density at radius 1 is 1.36 bits per heavy atom. The SMILES string of the molecule is CC(=O)C1=Cc2c(Cl)cc(Cl)cc2C1. The van der Waals surface area contributed by atoms with E-state index in [2.05, 4.69) is 0 Å². The van der Waals surface area contributed by atoms with Crippen LogP contribution in [0.4, 0.5) is 0 Å². The molecule has 1 nitrogen and oxygen atoms in total. The Morgan fingerprint density at radius 3 is 2.71 bits per heavy atom. The summed E-state index contributed by atoms with van der Waals surface area (Å²) in [6.45, 7) is 1.56. The van der Waals surface area contributed by atoms with E-state index in [-0.39, 0.29) is 5.78 Å². The number of benzene rings is 1. The summed E-state index contributed by atoms with van der Waals surface area (Å²) >= 11 is 11.9. The van der Waals surface area contributed by atoms with E-state index in [0.717, 1.165) is 16.7 Å². The zero-order valence-corrected chi connectivity index (χ0v) is 9.12. The Labute approximate surface area is 92.3 Å². The van der Waals surface area contributed by atoms with Crippen molar-refractivity contribution in [3.8, 4) is 0 Å². The fourth-order valence-electron chi connectivity index (χ4n) is 1.60. The van der Waals surface area contributed by atoms with Crippen LogP contribution in [-0.4, -0.2) is 5.78 Å². The summed E-state index contributed by atoms with van der Waals surface area (Å²) in [5.74, 6) is 0.0911. The van der Waals surface area contributed by atoms with E-state index in [0.29, 0.717) is 16.5 Å². The monoisotopic (exact) mass is 226 g/mol. The Bertz CT molecular complexity index is 447. The van der Waals surface area contributed by atoms with Gasteiger partial charge in [0.05, 0.1) is 0 Å². The summed E-state index contributed by atoms with van der Waals surface area (Å²) in [5, 5.41) is 1.23. The Balaban J connectivity index is 2.51. The molecular formula is C11H8Cl2O. The quantitative estimate of drug-likeness (QED) is 0.717. The summed E-state index contributed by atoms with van der Waals surface area (Å²) in [5.41, 5.74) is 2.76. The lowest BCUT2D eigenvalue weighted by Crippen LogP contribution is -1.95. The molecule has 0 spiro atoms. The molecular weight excluding hydrogens is 219 g/mol. The number of rotatable bonds is 1. The number of halogens is 2. The van der Waals surface area contributed by atoms with Gasteiger partial charge >= 0.3 is 0 Å². The van der Waals surface area contributed by atoms with Crippen molar-refractivity contribution >= 4 is 35.1 Å². The van der Waals surface area contributed by atoms with Gasteiger partial charge in [0.15, 0.2) is 5.78 Å². The van der Waals surface area contributed by atoms with Crippen molar-refractivity contribution < 1.29 is 4.79 Å². The van der Waals surface area contributed by atoms with Gasteiger partial charge in [-0.2, -0.15) is 0 Å². The molecule has 2 rings (SSSR count). The third kappa shape index (κ3) is 1.58. The second kappa shape index (κ2) is 3.41. The van der Waals surface area contributed by atoms with Crippen LogP contribution in [0.2, 0.25) is 10.0 Å². The van der Waals surface area contributed by atoms with E-state index in [1.54, 1.807) is 13.0 Å². The molecule has 0 atom stereocenters. The average molecular weight is 227 g/mol. The van der Waals surface area contributed by atoms with E-state index in [1.165, 1.54) is 0 Å². The highest BCUT2D eigenvalue weighted by Crippen LogP contribution is 2.33. The smallest absolute Gasteiger partial charge is 0.156 e. The third-order valence-corrected chi connectivity index (χ3v) is 2.86. The lowest BCUT2D eigenvalue weighted by molar-refractivity contribution is -0.113. The molecule has 0 fully saturated rings. The molecule has 3 heteroatoms. The molecule has 0 bridgehead atoms. The minimum absolute atomic E-state index is 0.0911. The van der Waals surface area contributed by atoms with Gasteiger partial charge in [0.2, 0.25) is 0 Å². The van der Waals surface area contributed by atoms with Gasteiger partial charge in [-0.1, -0.05) is 23.2 Å². The molecule has 1 aliphatic carbocycles. The van der Waals surface area contributed by atoms with E-state index >= 15 is 0 Å². The molecule has 1 aliphatic rings. The largest absolute Gasteiger partial charge is 0.295 e. The normalized spacial score (nSPS) is 13.8. The van der Waals surface area contributed by atoms with Crippen LogP contribution < -0.4 is 0 Å². The number of Topliss-reactive ketones (excluding diaryl/α,β-unsaturated/α-hetero) is 1. The van der Waals surface area contributed by atoms with Gasteiger partial charge in [0.1, 0.15) is 0 Å². The second-order valence-corrected chi connectivity index (χ2v) is 4.21. The maximum absolute atomic E-state index is 11.2. The summed E-state index contributed by atoms with van der Waals surface area (Å²) in [6.07, 6.45) is 2.49. The Kier molecular flexibility index (Phi) is 2.38. The van der Waals surface area contributed by atoms with Crippen LogP contribution in [0.1, 0.15) is 18.1 Å². The van der Waals surface area contributed by atoms with E-state index < -0.39 is 0 Å². The summed E-state index contributed by atoms with van der Waals surface area (Å²) in [6, 6.07) is 3.55. The molecule has 14 heavy (non-hydrogen) atoms. The topological polar surface area (TPSA) is 17.1 Å². The molecule has 0 unspecified atom stereocenters. The van der Waals surface area contributed by atoms with Crippen LogP contribution in [0, 0.1) is 0 Å². The first-order valence-electron chi connectivity index (χ1n) is 4.27. The number of fused-ring (bicyclic) bond motifs is 1. The molecule has 1 aromatic carbocycles. The third-order valence-electron chi connectivity index (χ3n) is 2.33. The number of carbonyl (C=O) groups excluding carboxylic acids is 1. The molecule has 0 heterocycles. The van der Waals surface area contributed by atoms with Crippen LogP contribution in [0.25, 0.3) is 6.08 Å². The van der Waals surface area contributed by atoms with Crippen molar-refractivity contribution in [3.05, 3.63) is 38.9 Å². The van der Waals surface area contributed by atoms with Crippen LogP contribution >= 0.6 is 23.2 Å². The first-order chi connectivity index (χ1) is 6.58. The molecule has 0 aromatic heterocycles. The molecule has 0 amide bonds. The maximum atomic E-state index is 11.2. The van der Waals surface area contributed by atoms with Gasteiger partial charge in [-0.05, 0) is 41.8 Å². The van der Waals surface area contributed by atoms with Crippen molar-refractivity contribution in [1.29, 1.82) is 0 Å². The number of hydrogen-bond donors (Lipinski definition) is 0. The van der Waals surface area contributed by atoms with E-state index in [9.17, 15) is 4.79 Å². The number of carbonyl (C=O) groups is 1. The zero-order valence-electron chi connectivity index (χ0n) is 7.60. The van der Waals surface area contributed by atoms with E-state index in [4.69, 9.17) is 23.2 Å². The van der Waals surface area contributed by atoms with Crippen LogP contribution in [0.15, 0.2) is 17.7 Å². The number of hydrogen-bond acceptors (Lipinski definition) is 1. The summed E-state index contributed by atoms with van der Waals surface area (Å²) in [4.78, 5) is 11.2. The van der Waals surface area contributed by atoms with Crippen molar-refractivity contribution in [2.45, 2.75) is 13.3 Å². The minimum atomic E-state index is 0.0911. The van der Waals surface area contributed by atoms with E-state index in [1.807, 2.05) is 12.1 Å². The van der Waals surface area contributed by atoms with Gasteiger partial charge in [-0.3, -0.25) is 4.79 Å². The van der Waals surface area contributed by atoms with Gasteiger partial charge in [0, 0.05) is 16.5 Å². The lowest BCUT2D eigenvalue weighted by atomic mass is 10.1. The highest BCUT2D eigenvalue weighted by Gasteiger charge is 2.18. The van der Waals surface area contributed by atoms with Gasteiger partial charge in [-0.25, -0.2) is 0 Å². The zero-order chi connectivity index (χ0) is 10.3. The van der Waals surface area contributed by atoms with Crippen molar-refractivity contribution in [1.82, 2.24) is 0 Å². The average Bonchev–Trinajstić information content (AvgIpc) is 2.47. The molecule has 0 saturated heterocycles. The highest BCUT2D eigenvalue weighted by molar-refractivity contribution is 6.36. The van der Waals surface area contributed by atoms with Crippen molar-refractivity contribution in [2.75, 3.05) is 0 Å². The van der Waals surface area contributed by atoms with Gasteiger partial charge in [-0.15, -0.1) is 0 Å². The van der Waals surface area contributed by atoms with Gasteiger partial charge < -0.3 is 0 Å². The lowest BCUT2D eigenvalue weighted by Gasteiger charge is -2.01. The highest BCUT2D eigenvalue weighted by atomic mass is 35.5. The van der Waals surface area contributed by atoms with Crippen LogP contribution in [0.5, 0.6) is 0 Å². The number of allylic oxidation sites excluding steroid dienone is 1. The molecule has 1 aromatic rings. The minimum Gasteiger partial charge on any atom is -0.295 e. The van der Waals surface area contributed by atoms with Crippen molar-refractivity contribution in [3.63, 3.8) is 0 Å². The fourth-order valence-corrected chi connectivity index (χ4v) is 2.19. The molecule has 0 radical (unpaired) electrons. The molecule has 72 valence electrons. The predicted octanol–water partition coefficient (Wildman–Crippen LogP) is 3.52. The fraction of sp³-hybridized carbons (Fsp3) is 0.182. The van der Waals surface area contributed by atoms with Crippen LogP contribution in [0.3, 0.4) is 0 Å². The maximum Gasteiger partial charge on any atom is 0.156 e. The van der Waals surface area contributed by atoms with Crippen LogP contribution in [-0.2, 0) is 11.2 Å². The van der Waals surface area contributed by atoms with Crippen molar-refractivity contribution in [2.24, 2.45) is 0 Å². The molecule has 0 saturated carbocycles. The first kappa shape index (κ1) is 9.75. The first-order valence-corrected chi connectivity index (χ1v) is 5.03. The second-order valence-electron chi connectivity index (χ2n) is 3.36. The summed E-state index contributed by atoms with van der Waals surface area (Å²) < 4.78 is 0. The standard InChI is InChI=1S/C11H8Cl2O/c1-6(14)7-2-8-3-9(12)5-11(13)10(8)4-7/h3-5H,2H2,1H3. The molecule has 0 aliphatic heterocycles. The summed E-state index contributed by atoms with van der Waals surface area (Å²) in [7, 11) is 0. The number of ketones is 1. The predicted molar refractivity (Wildman–Crippen MR) is 58.8 cm³/mol.